The number of phenolic OH excluding ortho intramolecular Hbond substituents is 1. The number of pyridine rings is 1. The third kappa shape index (κ3) is 3.89. The smallest absolute Gasteiger partial charge is 0.217 e. The summed E-state index contributed by atoms with van der Waals surface area (Å²) in [6, 6.07) is 9.03. The Morgan fingerprint density at radius 1 is 1.32 bits per heavy atom. The molecule has 2 N–H and O–H groups in total. The molecule has 0 saturated heterocycles. The van der Waals surface area contributed by atoms with E-state index < -0.39 is 0 Å². The van der Waals surface area contributed by atoms with Gasteiger partial charge in [-0.15, -0.1) is 0 Å². The van der Waals surface area contributed by atoms with E-state index in [2.05, 4.69) is 10.3 Å². The van der Waals surface area contributed by atoms with Crippen molar-refractivity contribution in [2.45, 2.75) is 26.4 Å². The maximum absolute atomic E-state index is 10.0. The summed E-state index contributed by atoms with van der Waals surface area (Å²) >= 11 is 0. The van der Waals surface area contributed by atoms with E-state index in [4.69, 9.17) is 9.47 Å². The summed E-state index contributed by atoms with van der Waals surface area (Å²) in [5.74, 6) is 1.61. The molecule has 118 valence electrons. The normalized spacial score (nSPS) is 12.0. The van der Waals surface area contributed by atoms with Gasteiger partial charge in [-0.2, -0.15) is 0 Å². The Bertz CT molecular complexity index is 617. The van der Waals surface area contributed by atoms with E-state index >= 15 is 0 Å². The monoisotopic (exact) mass is 302 g/mol. The number of hydrogen-bond donors (Lipinski definition) is 2. The topological polar surface area (TPSA) is 63.6 Å². The predicted octanol–water partition coefficient (Wildman–Crippen LogP) is 3.05. The number of aromatic hydroxyl groups is 1. The van der Waals surface area contributed by atoms with Crippen molar-refractivity contribution in [2.75, 3.05) is 13.7 Å². The van der Waals surface area contributed by atoms with Crippen molar-refractivity contribution >= 4 is 0 Å². The molecule has 5 heteroatoms. The number of methoxy groups -OCH3 is 1. The van der Waals surface area contributed by atoms with Crippen LogP contribution in [0.15, 0.2) is 36.5 Å². The van der Waals surface area contributed by atoms with Crippen molar-refractivity contribution in [3.05, 3.63) is 47.7 Å². The highest BCUT2D eigenvalue weighted by Gasteiger charge is 2.12. The van der Waals surface area contributed by atoms with E-state index in [0.717, 1.165) is 16.9 Å². The molecule has 0 saturated carbocycles. The molecule has 0 fully saturated rings. The molecule has 0 aliphatic carbocycles. The lowest BCUT2D eigenvalue weighted by Gasteiger charge is -2.17. The molecule has 2 aromatic rings. The summed E-state index contributed by atoms with van der Waals surface area (Å²) in [6.07, 6.45) is 1.71. The zero-order valence-corrected chi connectivity index (χ0v) is 13.2. The minimum Gasteiger partial charge on any atom is -0.508 e. The Hall–Kier alpha value is -2.27. The summed E-state index contributed by atoms with van der Waals surface area (Å²) in [4.78, 5) is 4.23. The molecule has 0 aliphatic rings. The van der Waals surface area contributed by atoms with Gasteiger partial charge in [-0.3, -0.25) is 0 Å². The molecule has 2 rings (SSSR count). The van der Waals surface area contributed by atoms with Gasteiger partial charge >= 0.3 is 0 Å². The van der Waals surface area contributed by atoms with E-state index in [1.54, 1.807) is 25.4 Å². The van der Waals surface area contributed by atoms with Crippen molar-refractivity contribution in [3.63, 3.8) is 0 Å². The molecule has 1 heterocycles. The molecule has 1 aromatic heterocycles. The second kappa shape index (κ2) is 7.66. The zero-order chi connectivity index (χ0) is 15.9. The highest BCUT2D eigenvalue weighted by atomic mass is 16.5. The molecule has 0 unspecified atom stereocenters. The molecule has 0 spiro atoms. The maximum Gasteiger partial charge on any atom is 0.217 e. The summed E-state index contributed by atoms with van der Waals surface area (Å²) in [6.45, 7) is 5.10. The Morgan fingerprint density at radius 3 is 2.86 bits per heavy atom. The van der Waals surface area contributed by atoms with E-state index in [0.29, 0.717) is 19.0 Å². The van der Waals surface area contributed by atoms with Gasteiger partial charge in [-0.1, -0.05) is 6.07 Å². The SMILES string of the molecule is CCOc1ncccc1CN[C@@H](C)c1cc(OC)ccc1O. The number of benzene rings is 1. The van der Waals surface area contributed by atoms with E-state index in [1.165, 1.54) is 0 Å². The van der Waals surface area contributed by atoms with Crippen LogP contribution in [0, 0.1) is 0 Å². The Labute approximate surface area is 130 Å². The number of phenols is 1. The predicted molar refractivity (Wildman–Crippen MR) is 85.3 cm³/mol. The minimum absolute atomic E-state index is 0.0372. The van der Waals surface area contributed by atoms with Crippen LogP contribution in [-0.2, 0) is 6.54 Å². The standard InChI is InChI=1S/C17H22N2O3/c1-4-22-17-13(6-5-9-18-17)11-19-12(2)15-10-14(21-3)7-8-16(15)20/h5-10,12,19-20H,4,11H2,1-3H3/t12-/m0/s1. The van der Waals surface area contributed by atoms with Crippen LogP contribution in [0.3, 0.4) is 0 Å². The quantitative estimate of drug-likeness (QED) is 0.823. The van der Waals surface area contributed by atoms with Gasteiger partial charge in [0.15, 0.2) is 0 Å². The number of nitrogens with zero attached hydrogens (tertiary/aromatic N) is 1. The molecule has 0 amide bonds. The van der Waals surface area contributed by atoms with Gasteiger partial charge in [-0.25, -0.2) is 4.98 Å². The average Bonchev–Trinajstić information content (AvgIpc) is 2.54. The fraction of sp³-hybridized carbons (Fsp3) is 0.353. The second-order valence-corrected chi connectivity index (χ2v) is 4.93. The zero-order valence-electron chi connectivity index (χ0n) is 13.2. The lowest BCUT2D eigenvalue weighted by atomic mass is 10.1. The van der Waals surface area contributed by atoms with Gasteiger partial charge in [-0.05, 0) is 38.1 Å². The first kappa shape index (κ1) is 16.1. The van der Waals surface area contributed by atoms with Crippen LogP contribution < -0.4 is 14.8 Å². The number of rotatable bonds is 7. The highest BCUT2D eigenvalue weighted by molar-refractivity contribution is 5.41. The van der Waals surface area contributed by atoms with E-state index in [-0.39, 0.29) is 11.8 Å². The first-order valence-corrected chi connectivity index (χ1v) is 7.32. The first-order valence-electron chi connectivity index (χ1n) is 7.32. The molecule has 1 atom stereocenters. The van der Waals surface area contributed by atoms with Crippen molar-refractivity contribution in [3.8, 4) is 17.4 Å². The largest absolute Gasteiger partial charge is 0.508 e. The van der Waals surface area contributed by atoms with Gasteiger partial charge in [0.1, 0.15) is 11.5 Å². The van der Waals surface area contributed by atoms with E-state index in [1.807, 2.05) is 32.0 Å². The van der Waals surface area contributed by atoms with Crippen molar-refractivity contribution in [1.82, 2.24) is 10.3 Å². The van der Waals surface area contributed by atoms with Crippen LogP contribution in [0.2, 0.25) is 0 Å². The minimum atomic E-state index is -0.0372. The summed E-state index contributed by atoms with van der Waals surface area (Å²) in [7, 11) is 1.61. The van der Waals surface area contributed by atoms with Crippen LogP contribution >= 0.6 is 0 Å². The Balaban J connectivity index is 2.08. The van der Waals surface area contributed by atoms with Crippen LogP contribution in [0.1, 0.15) is 31.0 Å². The third-order valence-electron chi connectivity index (χ3n) is 3.43. The summed E-state index contributed by atoms with van der Waals surface area (Å²) in [5.41, 5.74) is 1.78. The van der Waals surface area contributed by atoms with Gasteiger partial charge in [0.05, 0.1) is 13.7 Å². The maximum atomic E-state index is 10.0. The molecule has 1 aromatic carbocycles. The Kier molecular flexibility index (Phi) is 5.61. The summed E-state index contributed by atoms with van der Waals surface area (Å²) in [5, 5.41) is 13.4. The molecule has 0 aliphatic heterocycles. The molecule has 0 radical (unpaired) electrons. The van der Waals surface area contributed by atoms with Gasteiger partial charge < -0.3 is 19.9 Å². The molecule has 0 bridgehead atoms. The lowest BCUT2D eigenvalue weighted by Crippen LogP contribution is -2.19. The van der Waals surface area contributed by atoms with Gasteiger partial charge in [0.25, 0.3) is 0 Å². The lowest BCUT2D eigenvalue weighted by molar-refractivity contribution is 0.321. The fourth-order valence-corrected chi connectivity index (χ4v) is 2.20. The van der Waals surface area contributed by atoms with Crippen LogP contribution in [-0.4, -0.2) is 23.8 Å². The molecule has 5 nitrogen and oxygen atoms in total. The van der Waals surface area contributed by atoms with Gasteiger partial charge in [0.2, 0.25) is 5.88 Å². The van der Waals surface area contributed by atoms with Crippen LogP contribution in [0.25, 0.3) is 0 Å². The number of nitrogens with one attached hydrogen (secondary N) is 1. The average molecular weight is 302 g/mol. The second-order valence-electron chi connectivity index (χ2n) is 4.93. The number of hydrogen-bond acceptors (Lipinski definition) is 5. The fourth-order valence-electron chi connectivity index (χ4n) is 2.20. The molecular formula is C17H22N2O3. The van der Waals surface area contributed by atoms with Crippen molar-refractivity contribution in [1.29, 1.82) is 0 Å². The summed E-state index contributed by atoms with van der Waals surface area (Å²) < 4.78 is 10.7. The van der Waals surface area contributed by atoms with Crippen LogP contribution in [0.5, 0.6) is 17.4 Å². The molecule has 22 heavy (non-hydrogen) atoms. The number of ether oxygens (including phenoxy) is 2. The van der Waals surface area contributed by atoms with E-state index in [9.17, 15) is 5.11 Å². The van der Waals surface area contributed by atoms with Crippen molar-refractivity contribution in [2.24, 2.45) is 0 Å². The van der Waals surface area contributed by atoms with Gasteiger partial charge in [0, 0.05) is 29.9 Å². The van der Waals surface area contributed by atoms with Crippen molar-refractivity contribution < 1.29 is 14.6 Å². The van der Waals surface area contributed by atoms with Crippen LogP contribution in [0.4, 0.5) is 0 Å². The third-order valence-corrected chi connectivity index (χ3v) is 3.43. The Morgan fingerprint density at radius 2 is 2.14 bits per heavy atom. The highest BCUT2D eigenvalue weighted by Crippen LogP contribution is 2.28. The molecular weight excluding hydrogens is 280 g/mol. The first-order chi connectivity index (χ1) is 10.7. The number of aromatic nitrogens is 1.